The summed E-state index contributed by atoms with van der Waals surface area (Å²) in [5.74, 6) is 0.540. The second-order valence-electron chi connectivity index (χ2n) is 5.32. The molecular weight excluding hydrogens is 284 g/mol. The molecule has 3 rings (SSSR count). The topological polar surface area (TPSA) is 33.2 Å². The monoisotopic (exact) mass is 300 g/mol. The Hall–Kier alpha value is -1.87. The van der Waals surface area contributed by atoms with Gasteiger partial charge in [-0.2, -0.15) is 0 Å². The lowest BCUT2D eigenvalue weighted by Gasteiger charge is -2.22. The van der Waals surface area contributed by atoms with Crippen LogP contribution < -0.4 is 0 Å². The maximum atomic E-state index is 12.7. The van der Waals surface area contributed by atoms with Gasteiger partial charge in [-0.05, 0) is 42.7 Å². The summed E-state index contributed by atoms with van der Waals surface area (Å²) in [7, 11) is 0. The van der Waals surface area contributed by atoms with Crippen molar-refractivity contribution < 1.29 is 4.79 Å². The van der Waals surface area contributed by atoms with E-state index < -0.39 is 0 Å². The Bertz CT molecular complexity index is 608. The highest BCUT2D eigenvalue weighted by Gasteiger charge is 2.33. The van der Waals surface area contributed by atoms with E-state index in [-0.39, 0.29) is 5.91 Å². The summed E-state index contributed by atoms with van der Waals surface area (Å²) < 4.78 is 0. The van der Waals surface area contributed by atoms with Crippen molar-refractivity contribution >= 4 is 17.5 Å². The van der Waals surface area contributed by atoms with Crippen LogP contribution in [0.4, 0.5) is 0 Å². The Kier molecular flexibility index (Phi) is 4.20. The molecule has 0 unspecified atom stereocenters. The first-order chi connectivity index (χ1) is 10.3. The van der Waals surface area contributed by atoms with Crippen LogP contribution in [0.2, 0.25) is 0 Å². The van der Waals surface area contributed by atoms with Gasteiger partial charge in [0.05, 0.1) is 12.2 Å². The molecule has 1 aromatic carbocycles. The Labute approximate surface area is 129 Å². The van der Waals surface area contributed by atoms with Crippen molar-refractivity contribution in [3.8, 4) is 0 Å². The molecule has 1 saturated carbocycles. The predicted octanol–water partition coefficient (Wildman–Crippen LogP) is 3.63. The van der Waals surface area contributed by atoms with Gasteiger partial charge in [-0.25, -0.2) is 0 Å². The summed E-state index contributed by atoms with van der Waals surface area (Å²) in [4.78, 5) is 18.9. The van der Waals surface area contributed by atoms with Gasteiger partial charge in [0.15, 0.2) is 0 Å². The van der Waals surface area contributed by atoms with Crippen LogP contribution in [-0.4, -0.2) is 21.8 Å². The fraction of sp³-hybridized carbons (Fsp3) is 0.294. The first kappa shape index (κ1) is 14.1. The average Bonchev–Trinajstić information content (AvgIpc) is 3.38. The number of rotatable bonds is 5. The number of benzene rings is 1. The van der Waals surface area contributed by atoms with E-state index in [9.17, 15) is 4.79 Å². The zero-order valence-corrected chi connectivity index (χ0v) is 12.5. The highest BCUT2D eigenvalue weighted by atomic mass is 35.5. The number of carbonyl (C=O) groups excluding carboxylic acids is 1. The van der Waals surface area contributed by atoms with E-state index in [1.807, 2.05) is 47.4 Å². The normalized spacial score (nSPS) is 14.0. The smallest absolute Gasteiger partial charge is 0.254 e. The second-order valence-corrected chi connectivity index (χ2v) is 5.58. The van der Waals surface area contributed by atoms with E-state index >= 15 is 0 Å². The Morgan fingerprint density at radius 1 is 1.19 bits per heavy atom. The SMILES string of the molecule is O=C(c1ccc(CCl)cc1)N(Cc1ccccn1)C1CC1. The molecule has 1 amide bonds. The third-order valence-corrected chi connectivity index (χ3v) is 3.97. The molecule has 1 heterocycles. The molecule has 0 bridgehead atoms. The summed E-state index contributed by atoms with van der Waals surface area (Å²) >= 11 is 5.79. The van der Waals surface area contributed by atoms with Crippen molar-refractivity contribution in [2.45, 2.75) is 31.3 Å². The summed E-state index contributed by atoms with van der Waals surface area (Å²) in [5, 5.41) is 0. The number of aromatic nitrogens is 1. The van der Waals surface area contributed by atoms with Crippen molar-refractivity contribution in [2.75, 3.05) is 0 Å². The van der Waals surface area contributed by atoms with Gasteiger partial charge in [-0.3, -0.25) is 9.78 Å². The fourth-order valence-electron chi connectivity index (χ4n) is 2.32. The van der Waals surface area contributed by atoms with Gasteiger partial charge >= 0.3 is 0 Å². The van der Waals surface area contributed by atoms with Crippen LogP contribution in [0.1, 0.15) is 34.5 Å². The van der Waals surface area contributed by atoms with Crippen molar-refractivity contribution in [1.29, 1.82) is 0 Å². The van der Waals surface area contributed by atoms with Gasteiger partial charge in [0.1, 0.15) is 0 Å². The molecule has 0 spiro atoms. The molecule has 1 aliphatic carbocycles. The standard InChI is InChI=1S/C17H17ClN2O/c18-11-13-4-6-14(7-5-13)17(21)20(16-8-9-16)12-15-3-1-2-10-19-15/h1-7,10,16H,8-9,11-12H2. The third-order valence-electron chi connectivity index (χ3n) is 3.66. The lowest BCUT2D eigenvalue weighted by molar-refractivity contribution is 0.0727. The first-order valence-electron chi connectivity index (χ1n) is 7.13. The third kappa shape index (κ3) is 3.42. The highest BCUT2D eigenvalue weighted by molar-refractivity contribution is 6.17. The average molecular weight is 301 g/mol. The minimum Gasteiger partial charge on any atom is -0.330 e. The quantitative estimate of drug-likeness (QED) is 0.790. The van der Waals surface area contributed by atoms with Crippen LogP contribution in [0.25, 0.3) is 0 Å². The maximum Gasteiger partial charge on any atom is 0.254 e. The van der Waals surface area contributed by atoms with E-state index in [1.165, 1.54) is 0 Å². The van der Waals surface area contributed by atoms with Crippen molar-refractivity contribution in [3.05, 3.63) is 65.5 Å². The van der Waals surface area contributed by atoms with Gasteiger partial charge in [0, 0.05) is 23.7 Å². The molecular formula is C17H17ClN2O. The number of alkyl halides is 1. The van der Waals surface area contributed by atoms with Crippen molar-refractivity contribution in [2.24, 2.45) is 0 Å². The maximum absolute atomic E-state index is 12.7. The number of amides is 1. The molecule has 2 aromatic rings. The summed E-state index contributed by atoms with van der Waals surface area (Å²) in [6.45, 7) is 0.571. The summed E-state index contributed by atoms with van der Waals surface area (Å²) in [6, 6.07) is 13.7. The zero-order chi connectivity index (χ0) is 14.7. The molecule has 3 nitrogen and oxygen atoms in total. The molecule has 0 radical (unpaired) electrons. The highest BCUT2D eigenvalue weighted by Crippen LogP contribution is 2.29. The molecule has 0 aliphatic heterocycles. The molecule has 0 atom stereocenters. The summed E-state index contributed by atoms with van der Waals surface area (Å²) in [6.07, 6.45) is 3.93. The van der Waals surface area contributed by atoms with Crippen LogP contribution in [0, 0.1) is 0 Å². The lowest BCUT2D eigenvalue weighted by Crippen LogP contribution is -2.32. The van der Waals surface area contributed by atoms with Gasteiger partial charge in [-0.1, -0.05) is 18.2 Å². The largest absolute Gasteiger partial charge is 0.330 e. The Morgan fingerprint density at radius 2 is 1.95 bits per heavy atom. The first-order valence-corrected chi connectivity index (χ1v) is 7.67. The molecule has 0 saturated heterocycles. The minimum atomic E-state index is 0.0734. The van der Waals surface area contributed by atoms with Crippen LogP contribution in [0.15, 0.2) is 48.7 Å². The van der Waals surface area contributed by atoms with E-state index in [4.69, 9.17) is 11.6 Å². The molecule has 1 aliphatic rings. The Morgan fingerprint density at radius 3 is 2.52 bits per heavy atom. The zero-order valence-electron chi connectivity index (χ0n) is 11.7. The molecule has 0 N–H and O–H groups in total. The number of carbonyl (C=O) groups is 1. The van der Waals surface area contributed by atoms with Gasteiger partial charge in [-0.15, -0.1) is 11.6 Å². The number of pyridine rings is 1. The molecule has 4 heteroatoms. The molecule has 21 heavy (non-hydrogen) atoms. The molecule has 1 fully saturated rings. The number of halogens is 1. The second kappa shape index (κ2) is 6.27. The predicted molar refractivity (Wildman–Crippen MR) is 83.1 cm³/mol. The minimum absolute atomic E-state index is 0.0734. The Balaban J connectivity index is 1.78. The number of nitrogens with zero attached hydrogens (tertiary/aromatic N) is 2. The van der Waals surface area contributed by atoms with Crippen molar-refractivity contribution in [3.63, 3.8) is 0 Å². The molecule has 108 valence electrons. The van der Waals surface area contributed by atoms with E-state index in [2.05, 4.69) is 4.98 Å². The van der Waals surface area contributed by atoms with Gasteiger partial charge in [0.25, 0.3) is 5.91 Å². The van der Waals surface area contributed by atoms with Crippen LogP contribution >= 0.6 is 11.6 Å². The van der Waals surface area contributed by atoms with Crippen molar-refractivity contribution in [1.82, 2.24) is 9.88 Å². The van der Waals surface area contributed by atoms with E-state index in [0.29, 0.717) is 24.0 Å². The lowest BCUT2D eigenvalue weighted by atomic mass is 10.1. The van der Waals surface area contributed by atoms with E-state index in [0.717, 1.165) is 24.1 Å². The van der Waals surface area contributed by atoms with Crippen LogP contribution in [0.5, 0.6) is 0 Å². The number of hydrogen-bond donors (Lipinski definition) is 0. The van der Waals surface area contributed by atoms with Crippen LogP contribution in [0.3, 0.4) is 0 Å². The van der Waals surface area contributed by atoms with Crippen LogP contribution in [-0.2, 0) is 12.4 Å². The number of hydrogen-bond acceptors (Lipinski definition) is 2. The van der Waals surface area contributed by atoms with Gasteiger partial charge in [0.2, 0.25) is 0 Å². The van der Waals surface area contributed by atoms with E-state index in [1.54, 1.807) is 6.20 Å². The summed E-state index contributed by atoms with van der Waals surface area (Å²) in [5.41, 5.74) is 2.66. The molecule has 1 aromatic heterocycles. The van der Waals surface area contributed by atoms with Gasteiger partial charge < -0.3 is 4.90 Å². The fourth-order valence-corrected chi connectivity index (χ4v) is 2.50.